The van der Waals surface area contributed by atoms with Crippen LogP contribution in [0.3, 0.4) is 0 Å². The summed E-state index contributed by atoms with van der Waals surface area (Å²) < 4.78 is 11.9. The highest BCUT2D eigenvalue weighted by atomic mass is 16.6. The van der Waals surface area contributed by atoms with Gasteiger partial charge in [0, 0.05) is 5.92 Å². The number of rotatable bonds is 2. The lowest BCUT2D eigenvalue weighted by atomic mass is 9.81. The van der Waals surface area contributed by atoms with Gasteiger partial charge in [0.25, 0.3) is 0 Å². The summed E-state index contributed by atoms with van der Waals surface area (Å²) in [6.45, 7) is 4.25. The molecule has 3 aliphatic rings. The van der Waals surface area contributed by atoms with Crippen molar-refractivity contribution in [3.8, 4) is 0 Å². The number of carbonyl (C=O) groups excluding carboxylic acids is 1. The second-order valence-corrected chi connectivity index (χ2v) is 6.45. The van der Waals surface area contributed by atoms with Crippen LogP contribution in [0.25, 0.3) is 5.57 Å². The quantitative estimate of drug-likeness (QED) is 0.782. The molecule has 2 aliphatic heterocycles. The van der Waals surface area contributed by atoms with Gasteiger partial charge >= 0.3 is 5.97 Å². The van der Waals surface area contributed by atoms with Crippen LogP contribution in [0.2, 0.25) is 0 Å². The average molecular weight is 284 g/mol. The zero-order valence-electron chi connectivity index (χ0n) is 12.4. The molecule has 2 fully saturated rings. The monoisotopic (exact) mass is 284 g/mol. The Bertz CT molecular complexity index is 600. The molecule has 0 N–H and O–H groups in total. The first-order chi connectivity index (χ1) is 10.2. The normalized spacial score (nSPS) is 35.6. The van der Waals surface area contributed by atoms with Gasteiger partial charge in [-0.2, -0.15) is 0 Å². The number of carbonyl (C=O) groups is 1. The van der Waals surface area contributed by atoms with Crippen molar-refractivity contribution >= 4 is 11.5 Å². The fourth-order valence-electron chi connectivity index (χ4n) is 3.59. The molecule has 0 radical (unpaired) electrons. The Morgan fingerprint density at radius 3 is 2.48 bits per heavy atom. The second-order valence-electron chi connectivity index (χ2n) is 6.45. The summed E-state index contributed by atoms with van der Waals surface area (Å²) in [5, 5.41) is 0. The molecule has 1 aromatic rings. The van der Waals surface area contributed by atoms with Gasteiger partial charge in [-0.1, -0.05) is 37.3 Å². The highest BCUT2D eigenvalue weighted by molar-refractivity contribution is 6.19. The molecule has 3 heteroatoms. The molecule has 2 heterocycles. The van der Waals surface area contributed by atoms with Crippen LogP contribution >= 0.6 is 0 Å². The lowest BCUT2D eigenvalue weighted by molar-refractivity contribution is -0.156. The number of hydrogen-bond acceptors (Lipinski definition) is 3. The fourth-order valence-corrected chi connectivity index (χ4v) is 3.59. The SMILES string of the molecule is CC1O[C@@H](C2CC2)[C@@H]2OC(=O)C(c3ccccc3)=C2C1C. The molecule has 0 bridgehead atoms. The maximum Gasteiger partial charge on any atom is 0.339 e. The molecule has 1 aromatic carbocycles. The standard InChI is InChI=1S/C18H20O3/c1-10-11(2)20-16(13-8-9-13)17-14(10)15(18(19)21-17)12-6-4-3-5-7-12/h3-7,10-11,13,16-17H,8-9H2,1-2H3/t10?,11?,16-,17+/m0/s1. The molecule has 0 aromatic heterocycles. The molecule has 1 saturated carbocycles. The summed E-state index contributed by atoms with van der Waals surface area (Å²) in [4.78, 5) is 12.4. The van der Waals surface area contributed by atoms with E-state index in [0.29, 0.717) is 5.92 Å². The molecule has 1 aliphatic carbocycles. The summed E-state index contributed by atoms with van der Waals surface area (Å²) in [6, 6.07) is 9.88. The molecule has 110 valence electrons. The summed E-state index contributed by atoms with van der Waals surface area (Å²) in [7, 11) is 0. The molecular formula is C18H20O3. The molecule has 21 heavy (non-hydrogen) atoms. The van der Waals surface area contributed by atoms with Crippen LogP contribution in [-0.2, 0) is 14.3 Å². The van der Waals surface area contributed by atoms with Crippen LogP contribution in [0.1, 0.15) is 32.3 Å². The lowest BCUT2D eigenvalue weighted by Gasteiger charge is -2.38. The van der Waals surface area contributed by atoms with E-state index in [1.807, 2.05) is 30.3 Å². The summed E-state index contributed by atoms with van der Waals surface area (Å²) in [6.07, 6.45) is 2.39. The maximum atomic E-state index is 12.4. The first kappa shape index (κ1) is 13.1. The highest BCUT2D eigenvalue weighted by Gasteiger charge is 2.52. The number of ether oxygens (including phenoxy) is 2. The van der Waals surface area contributed by atoms with Gasteiger partial charge in [-0.3, -0.25) is 0 Å². The third-order valence-corrected chi connectivity index (χ3v) is 5.05. The lowest BCUT2D eigenvalue weighted by Crippen LogP contribution is -2.45. The molecule has 2 unspecified atom stereocenters. The van der Waals surface area contributed by atoms with Gasteiger partial charge in [0.2, 0.25) is 0 Å². The zero-order chi connectivity index (χ0) is 14.6. The molecule has 1 saturated heterocycles. The number of hydrogen-bond donors (Lipinski definition) is 0. The zero-order valence-corrected chi connectivity index (χ0v) is 12.4. The van der Waals surface area contributed by atoms with Crippen LogP contribution in [-0.4, -0.2) is 24.3 Å². The van der Waals surface area contributed by atoms with Gasteiger partial charge in [0.15, 0.2) is 6.10 Å². The first-order valence-electron chi connectivity index (χ1n) is 7.82. The van der Waals surface area contributed by atoms with E-state index >= 15 is 0 Å². The molecular weight excluding hydrogens is 264 g/mol. The molecule has 4 rings (SSSR count). The third-order valence-electron chi connectivity index (χ3n) is 5.05. The van der Waals surface area contributed by atoms with Crippen LogP contribution in [0, 0.1) is 11.8 Å². The maximum absolute atomic E-state index is 12.4. The Balaban J connectivity index is 1.82. The average Bonchev–Trinajstić information content (AvgIpc) is 3.26. The van der Waals surface area contributed by atoms with Crippen LogP contribution < -0.4 is 0 Å². The number of esters is 1. The van der Waals surface area contributed by atoms with Gasteiger partial charge in [-0.15, -0.1) is 0 Å². The van der Waals surface area contributed by atoms with Crippen molar-refractivity contribution in [2.75, 3.05) is 0 Å². The Hall–Kier alpha value is -1.61. The molecule has 4 atom stereocenters. The van der Waals surface area contributed by atoms with Crippen LogP contribution in [0.4, 0.5) is 0 Å². The number of fused-ring (bicyclic) bond motifs is 1. The van der Waals surface area contributed by atoms with E-state index < -0.39 is 0 Å². The van der Waals surface area contributed by atoms with Crippen LogP contribution in [0.5, 0.6) is 0 Å². The van der Waals surface area contributed by atoms with Crippen molar-refractivity contribution in [2.45, 2.75) is 45.0 Å². The summed E-state index contributed by atoms with van der Waals surface area (Å²) >= 11 is 0. The van der Waals surface area contributed by atoms with E-state index in [0.717, 1.165) is 16.7 Å². The van der Waals surface area contributed by atoms with Gasteiger partial charge in [0.1, 0.15) is 6.10 Å². The van der Waals surface area contributed by atoms with Gasteiger partial charge in [-0.05, 0) is 36.8 Å². The van der Waals surface area contributed by atoms with Crippen molar-refractivity contribution in [3.05, 3.63) is 41.5 Å². The topological polar surface area (TPSA) is 35.5 Å². The number of benzene rings is 1. The fraction of sp³-hybridized carbons (Fsp3) is 0.500. The first-order valence-corrected chi connectivity index (χ1v) is 7.82. The van der Waals surface area contributed by atoms with Gasteiger partial charge < -0.3 is 9.47 Å². The molecule has 0 spiro atoms. The Kier molecular flexibility index (Phi) is 2.93. The van der Waals surface area contributed by atoms with E-state index in [2.05, 4.69) is 13.8 Å². The predicted octanol–water partition coefficient (Wildman–Crippen LogP) is 3.20. The van der Waals surface area contributed by atoms with Crippen molar-refractivity contribution in [2.24, 2.45) is 11.8 Å². The van der Waals surface area contributed by atoms with E-state index in [4.69, 9.17) is 9.47 Å². The van der Waals surface area contributed by atoms with Gasteiger partial charge in [0.05, 0.1) is 11.7 Å². The Morgan fingerprint density at radius 1 is 1.10 bits per heavy atom. The summed E-state index contributed by atoms with van der Waals surface area (Å²) in [5.41, 5.74) is 2.89. The van der Waals surface area contributed by atoms with Crippen molar-refractivity contribution < 1.29 is 14.3 Å². The molecule has 0 amide bonds. The van der Waals surface area contributed by atoms with E-state index in [9.17, 15) is 4.79 Å². The largest absolute Gasteiger partial charge is 0.451 e. The minimum absolute atomic E-state index is 0.0522. The predicted molar refractivity (Wildman–Crippen MR) is 79.5 cm³/mol. The van der Waals surface area contributed by atoms with Crippen LogP contribution in [0.15, 0.2) is 35.9 Å². The molecule has 3 nitrogen and oxygen atoms in total. The third kappa shape index (κ3) is 2.03. The minimum Gasteiger partial charge on any atom is -0.451 e. The summed E-state index contributed by atoms with van der Waals surface area (Å²) in [5.74, 6) is 0.589. The van der Waals surface area contributed by atoms with E-state index in [1.165, 1.54) is 12.8 Å². The van der Waals surface area contributed by atoms with Crippen molar-refractivity contribution in [1.29, 1.82) is 0 Å². The van der Waals surface area contributed by atoms with Crippen molar-refractivity contribution in [1.82, 2.24) is 0 Å². The Labute approximate surface area is 124 Å². The van der Waals surface area contributed by atoms with Gasteiger partial charge in [-0.25, -0.2) is 4.79 Å². The van der Waals surface area contributed by atoms with E-state index in [1.54, 1.807) is 0 Å². The smallest absolute Gasteiger partial charge is 0.339 e. The van der Waals surface area contributed by atoms with Crippen molar-refractivity contribution in [3.63, 3.8) is 0 Å². The second kappa shape index (κ2) is 4.70. The highest BCUT2D eigenvalue weighted by Crippen LogP contribution is 2.48. The van der Waals surface area contributed by atoms with E-state index in [-0.39, 0.29) is 30.2 Å². The Morgan fingerprint density at radius 2 is 1.81 bits per heavy atom. The minimum atomic E-state index is -0.184.